The molecule has 0 saturated heterocycles. The predicted octanol–water partition coefficient (Wildman–Crippen LogP) is 3.16. The number of rotatable bonds is 6. The van der Waals surface area contributed by atoms with Crippen LogP contribution in [0.25, 0.3) is 11.3 Å². The summed E-state index contributed by atoms with van der Waals surface area (Å²) < 4.78 is 12.8. The van der Waals surface area contributed by atoms with Crippen LogP contribution in [0.4, 0.5) is 4.39 Å². The van der Waals surface area contributed by atoms with Gasteiger partial charge in [-0.05, 0) is 30.3 Å². The zero-order valence-electron chi connectivity index (χ0n) is 14.2. The van der Waals surface area contributed by atoms with Gasteiger partial charge >= 0.3 is 0 Å². The van der Waals surface area contributed by atoms with E-state index in [1.54, 1.807) is 18.2 Å². The van der Waals surface area contributed by atoms with Crippen molar-refractivity contribution in [2.24, 2.45) is 0 Å². The lowest BCUT2D eigenvalue weighted by molar-refractivity contribution is -0.121. The maximum absolute atomic E-state index is 12.8. The van der Waals surface area contributed by atoms with Crippen molar-refractivity contribution in [2.75, 3.05) is 5.75 Å². The number of carbonyl (C=O) groups is 2. The van der Waals surface area contributed by atoms with Crippen molar-refractivity contribution < 1.29 is 14.0 Å². The number of aromatic amines is 1. The number of hydrogen-bond acceptors (Lipinski definition) is 4. The van der Waals surface area contributed by atoms with Gasteiger partial charge in [-0.15, -0.1) is 11.8 Å². The number of amides is 2. The molecule has 0 saturated carbocycles. The summed E-state index contributed by atoms with van der Waals surface area (Å²) in [6, 6.07) is 17.1. The van der Waals surface area contributed by atoms with E-state index >= 15 is 0 Å². The highest BCUT2D eigenvalue weighted by Crippen LogP contribution is 2.19. The van der Waals surface area contributed by atoms with Crippen molar-refractivity contribution in [3.05, 3.63) is 72.2 Å². The highest BCUT2D eigenvalue weighted by molar-refractivity contribution is 7.99. The number of hydrogen-bond donors (Lipinski definition) is 3. The van der Waals surface area contributed by atoms with E-state index in [4.69, 9.17) is 0 Å². The van der Waals surface area contributed by atoms with E-state index < -0.39 is 5.91 Å². The molecule has 0 atom stereocenters. The van der Waals surface area contributed by atoms with Crippen LogP contribution in [0.5, 0.6) is 0 Å². The largest absolute Gasteiger partial charge is 0.287 e. The van der Waals surface area contributed by atoms with Crippen LogP contribution in [0.3, 0.4) is 0 Å². The van der Waals surface area contributed by atoms with Gasteiger partial charge in [0.25, 0.3) is 5.91 Å². The van der Waals surface area contributed by atoms with Gasteiger partial charge in [-0.2, -0.15) is 5.10 Å². The summed E-state index contributed by atoms with van der Waals surface area (Å²) >= 11 is 1.43. The normalized spacial score (nSPS) is 10.4. The van der Waals surface area contributed by atoms with Crippen LogP contribution < -0.4 is 10.9 Å². The van der Waals surface area contributed by atoms with Gasteiger partial charge in [-0.1, -0.05) is 30.3 Å². The first kappa shape index (κ1) is 18.7. The van der Waals surface area contributed by atoms with E-state index in [2.05, 4.69) is 21.0 Å². The molecule has 0 spiro atoms. The van der Waals surface area contributed by atoms with E-state index in [-0.39, 0.29) is 23.8 Å². The Bertz CT molecular complexity index is 913. The Kier molecular flexibility index (Phi) is 6.22. The number of thioether (sulfide) groups is 1. The maximum Gasteiger partial charge on any atom is 0.287 e. The molecule has 6 nitrogen and oxygen atoms in total. The van der Waals surface area contributed by atoms with Crippen molar-refractivity contribution >= 4 is 23.6 Å². The van der Waals surface area contributed by atoms with Crippen LogP contribution in [0, 0.1) is 5.82 Å². The van der Waals surface area contributed by atoms with Crippen LogP contribution in [0.2, 0.25) is 0 Å². The average Bonchev–Trinajstić information content (AvgIpc) is 3.19. The molecule has 138 valence electrons. The fourth-order valence-corrected chi connectivity index (χ4v) is 3.10. The van der Waals surface area contributed by atoms with Gasteiger partial charge in [-0.3, -0.25) is 25.5 Å². The van der Waals surface area contributed by atoms with Gasteiger partial charge in [0.15, 0.2) is 0 Å². The van der Waals surface area contributed by atoms with Crippen molar-refractivity contribution in [1.82, 2.24) is 21.0 Å². The summed E-state index contributed by atoms with van der Waals surface area (Å²) in [5.41, 5.74) is 6.49. The number of H-pyrrole nitrogens is 1. The van der Waals surface area contributed by atoms with E-state index in [1.165, 1.54) is 23.9 Å². The molecular weight excluding hydrogens is 367 g/mol. The number of nitrogens with one attached hydrogen (secondary N) is 3. The standard InChI is InChI=1S/C19H17FN4O2S/c20-14-6-8-15(9-7-14)27-11-10-18(25)23-24-19(26)17-12-16(21-22-17)13-4-2-1-3-5-13/h1-9,12H,10-11H2,(H,21,22)(H,23,25)(H,24,26). The summed E-state index contributed by atoms with van der Waals surface area (Å²) in [5, 5.41) is 6.74. The van der Waals surface area contributed by atoms with Crippen LogP contribution >= 0.6 is 11.8 Å². The van der Waals surface area contributed by atoms with Crippen molar-refractivity contribution in [3.63, 3.8) is 0 Å². The zero-order valence-corrected chi connectivity index (χ0v) is 15.1. The van der Waals surface area contributed by atoms with E-state index in [0.29, 0.717) is 11.4 Å². The van der Waals surface area contributed by atoms with Gasteiger partial charge in [0.1, 0.15) is 11.5 Å². The second kappa shape index (κ2) is 9.00. The number of halogens is 1. The quantitative estimate of drug-likeness (QED) is 0.450. The molecule has 0 radical (unpaired) electrons. The number of carbonyl (C=O) groups excluding carboxylic acids is 2. The van der Waals surface area contributed by atoms with Crippen LogP contribution in [-0.2, 0) is 4.79 Å². The SMILES string of the molecule is O=C(CCSc1ccc(F)cc1)NNC(=O)c1cc(-c2ccccc2)n[nH]1. The Morgan fingerprint density at radius 1 is 1.04 bits per heavy atom. The number of benzene rings is 2. The Labute approximate surface area is 159 Å². The predicted molar refractivity (Wildman–Crippen MR) is 101 cm³/mol. The number of aromatic nitrogens is 2. The molecule has 0 aliphatic carbocycles. The van der Waals surface area contributed by atoms with Gasteiger partial charge < -0.3 is 0 Å². The molecule has 3 N–H and O–H groups in total. The first-order chi connectivity index (χ1) is 13.1. The molecule has 8 heteroatoms. The maximum atomic E-state index is 12.8. The molecule has 27 heavy (non-hydrogen) atoms. The summed E-state index contributed by atoms with van der Waals surface area (Å²) in [5.74, 6) is -0.589. The number of hydrazine groups is 1. The minimum absolute atomic E-state index is 0.209. The van der Waals surface area contributed by atoms with Crippen LogP contribution in [0.1, 0.15) is 16.9 Å². The third kappa shape index (κ3) is 5.42. The number of nitrogens with zero attached hydrogens (tertiary/aromatic N) is 1. The highest BCUT2D eigenvalue weighted by atomic mass is 32.2. The molecule has 2 amide bonds. The summed E-state index contributed by atoms with van der Waals surface area (Å²) in [7, 11) is 0. The Balaban J connectivity index is 1.43. The molecular formula is C19H17FN4O2S. The third-order valence-corrected chi connectivity index (χ3v) is 4.63. The fraction of sp³-hybridized carbons (Fsp3) is 0.105. The lowest BCUT2D eigenvalue weighted by atomic mass is 10.1. The van der Waals surface area contributed by atoms with Crippen LogP contribution in [-0.4, -0.2) is 27.8 Å². The minimum atomic E-state index is -0.482. The Hall–Kier alpha value is -3.13. The monoisotopic (exact) mass is 384 g/mol. The van der Waals surface area contributed by atoms with E-state index in [1.807, 2.05) is 30.3 Å². The summed E-state index contributed by atoms with van der Waals surface area (Å²) in [4.78, 5) is 24.8. The van der Waals surface area contributed by atoms with Gasteiger partial charge in [0.2, 0.25) is 5.91 Å². The topological polar surface area (TPSA) is 86.9 Å². The first-order valence-corrected chi connectivity index (χ1v) is 9.19. The van der Waals surface area contributed by atoms with E-state index in [9.17, 15) is 14.0 Å². The summed E-state index contributed by atoms with van der Waals surface area (Å²) in [6.07, 6.45) is 0.209. The molecule has 0 aliphatic rings. The second-order valence-corrected chi connectivity index (χ2v) is 6.76. The van der Waals surface area contributed by atoms with Gasteiger partial charge in [0, 0.05) is 22.6 Å². The molecule has 2 aromatic carbocycles. The first-order valence-electron chi connectivity index (χ1n) is 8.20. The molecule has 0 bridgehead atoms. The van der Waals surface area contributed by atoms with Crippen molar-refractivity contribution in [1.29, 1.82) is 0 Å². The van der Waals surface area contributed by atoms with Gasteiger partial charge in [-0.25, -0.2) is 4.39 Å². The van der Waals surface area contributed by atoms with E-state index in [0.717, 1.165) is 10.5 Å². The molecule has 3 aromatic rings. The minimum Gasteiger partial charge on any atom is -0.273 e. The molecule has 0 unspecified atom stereocenters. The molecule has 1 heterocycles. The Morgan fingerprint density at radius 3 is 2.52 bits per heavy atom. The lowest BCUT2D eigenvalue weighted by Crippen LogP contribution is -2.41. The second-order valence-electron chi connectivity index (χ2n) is 5.59. The molecule has 1 aromatic heterocycles. The van der Waals surface area contributed by atoms with Crippen molar-refractivity contribution in [3.8, 4) is 11.3 Å². The van der Waals surface area contributed by atoms with Crippen LogP contribution in [0.15, 0.2) is 65.6 Å². The Morgan fingerprint density at radius 2 is 1.78 bits per heavy atom. The zero-order chi connectivity index (χ0) is 19.1. The molecule has 3 rings (SSSR count). The average molecular weight is 384 g/mol. The smallest absolute Gasteiger partial charge is 0.273 e. The van der Waals surface area contributed by atoms with Crippen molar-refractivity contribution in [2.45, 2.75) is 11.3 Å². The third-order valence-electron chi connectivity index (χ3n) is 3.62. The molecule has 0 fully saturated rings. The lowest BCUT2D eigenvalue weighted by Gasteiger charge is -2.06. The molecule has 0 aliphatic heterocycles. The van der Waals surface area contributed by atoms with Gasteiger partial charge in [0.05, 0.1) is 5.69 Å². The fourth-order valence-electron chi connectivity index (χ4n) is 2.24. The summed E-state index contributed by atoms with van der Waals surface area (Å²) in [6.45, 7) is 0. The highest BCUT2D eigenvalue weighted by Gasteiger charge is 2.12.